The Morgan fingerprint density at radius 1 is 1.13 bits per heavy atom. The number of fused-ring (bicyclic) bond motifs is 2. The summed E-state index contributed by atoms with van der Waals surface area (Å²) in [5, 5.41) is 4.73. The first kappa shape index (κ1) is 26.3. The summed E-state index contributed by atoms with van der Waals surface area (Å²) in [7, 11) is 2.16. The molecule has 6 nitrogen and oxygen atoms in total. The number of amides is 1. The predicted molar refractivity (Wildman–Crippen MR) is 158 cm³/mol. The van der Waals surface area contributed by atoms with E-state index in [1.165, 1.54) is 5.39 Å². The van der Waals surface area contributed by atoms with Crippen LogP contribution in [0, 0.1) is 0 Å². The molecular formula is C32H40N4O2. The Hall–Kier alpha value is -3.35. The third-order valence-electron chi connectivity index (χ3n) is 7.61. The number of benzene rings is 2. The molecule has 1 aliphatic heterocycles. The first-order valence-electron chi connectivity index (χ1n) is 14.0. The van der Waals surface area contributed by atoms with Crippen LogP contribution in [0.4, 0.5) is 11.4 Å². The largest absolute Gasteiger partial charge is 0.381 e. The zero-order chi connectivity index (χ0) is 26.5. The number of ether oxygens (including phenoxy) is 1. The molecule has 0 saturated heterocycles. The van der Waals surface area contributed by atoms with Gasteiger partial charge in [0.2, 0.25) is 0 Å². The topological polar surface area (TPSA) is 60.6 Å². The lowest BCUT2D eigenvalue weighted by molar-refractivity contribution is -0.115. The average molecular weight is 513 g/mol. The minimum atomic E-state index is -0.161. The molecule has 0 saturated carbocycles. The number of carbonyl (C=O) groups excluding carboxylic acids is 1. The number of hydrogen-bond donors (Lipinski definition) is 2. The number of H-pyrrole nitrogens is 1. The maximum atomic E-state index is 13.9. The summed E-state index contributed by atoms with van der Waals surface area (Å²) in [6.45, 7) is 7.83. The van der Waals surface area contributed by atoms with Crippen molar-refractivity contribution in [2.24, 2.45) is 0 Å². The molecular weight excluding hydrogens is 472 g/mol. The maximum absolute atomic E-state index is 13.9. The van der Waals surface area contributed by atoms with Crippen LogP contribution in [0.1, 0.15) is 45.1 Å². The smallest absolute Gasteiger partial charge is 0.254 e. The number of nitrogens with zero attached hydrogens (tertiary/aromatic N) is 2. The number of hydrogen-bond acceptors (Lipinski definition) is 4. The molecule has 38 heavy (non-hydrogen) atoms. The Labute approximate surface area is 226 Å². The van der Waals surface area contributed by atoms with Crippen molar-refractivity contribution >= 4 is 33.8 Å². The van der Waals surface area contributed by atoms with Crippen molar-refractivity contribution < 1.29 is 9.53 Å². The van der Waals surface area contributed by atoms with E-state index in [0.29, 0.717) is 25.6 Å². The van der Waals surface area contributed by atoms with E-state index in [0.717, 1.165) is 66.0 Å². The van der Waals surface area contributed by atoms with Gasteiger partial charge in [0.15, 0.2) is 0 Å². The number of allylic oxidation sites excluding steroid dienone is 2. The molecule has 0 radical (unpaired) electrons. The van der Waals surface area contributed by atoms with Crippen molar-refractivity contribution in [3.8, 4) is 0 Å². The number of aromatic amines is 1. The van der Waals surface area contributed by atoms with Crippen LogP contribution in [0.15, 0.2) is 72.5 Å². The van der Waals surface area contributed by atoms with Gasteiger partial charge in [-0.05, 0) is 86.6 Å². The van der Waals surface area contributed by atoms with Crippen LogP contribution in [0.2, 0.25) is 0 Å². The second-order valence-electron chi connectivity index (χ2n) is 10.6. The summed E-state index contributed by atoms with van der Waals surface area (Å²) < 4.78 is 6.52. The Morgan fingerprint density at radius 2 is 2.00 bits per heavy atom. The van der Waals surface area contributed by atoms with Crippen molar-refractivity contribution in [1.82, 2.24) is 9.88 Å². The molecule has 2 heterocycles. The molecule has 1 unspecified atom stereocenters. The van der Waals surface area contributed by atoms with Gasteiger partial charge in [0, 0.05) is 49.4 Å². The van der Waals surface area contributed by atoms with Crippen molar-refractivity contribution in [2.45, 2.75) is 51.7 Å². The Kier molecular flexibility index (Phi) is 8.30. The fourth-order valence-electron chi connectivity index (χ4n) is 5.55. The van der Waals surface area contributed by atoms with Crippen LogP contribution in [0.3, 0.4) is 0 Å². The summed E-state index contributed by atoms with van der Waals surface area (Å²) in [5.74, 6) is 0.0704. The highest BCUT2D eigenvalue weighted by Crippen LogP contribution is 2.35. The molecule has 0 spiro atoms. The van der Waals surface area contributed by atoms with Gasteiger partial charge in [-0.3, -0.25) is 4.79 Å². The van der Waals surface area contributed by atoms with E-state index in [1.54, 1.807) is 0 Å². The molecule has 6 heteroatoms. The number of anilines is 2. The van der Waals surface area contributed by atoms with Crippen LogP contribution in [0.25, 0.3) is 16.5 Å². The van der Waals surface area contributed by atoms with Gasteiger partial charge in [-0.15, -0.1) is 0 Å². The second kappa shape index (κ2) is 12.0. The van der Waals surface area contributed by atoms with Gasteiger partial charge in [-0.2, -0.15) is 0 Å². The highest BCUT2D eigenvalue weighted by Gasteiger charge is 2.30. The maximum Gasteiger partial charge on any atom is 0.254 e. The standard InChI is InChI=1S/C32H40N4O2/c1-4-17-35(3)18-7-20-38-31-22-26(10-12-27(31)24-11-13-28-25(21-24)14-16-33-28)32(37)36-19-15-23(2)34-29-8-5-6-9-30(29)36/h5-6,8-14,16,21,23,31,33-34H,4,7,15,17-20,22H2,1-3H3/t23-,31?/m1/s1. The van der Waals surface area contributed by atoms with E-state index >= 15 is 0 Å². The van der Waals surface area contributed by atoms with E-state index < -0.39 is 0 Å². The minimum Gasteiger partial charge on any atom is -0.381 e. The van der Waals surface area contributed by atoms with E-state index in [4.69, 9.17) is 4.74 Å². The van der Waals surface area contributed by atoms with Gasteiger partial charge in [-0.1, -0.05) is 37.3 Å². The molecule has 2 aliphatic rings. The zero-order valence-electron chi connectivity index (χ0n) is 22.9. The van der Waals surface area contributed by atoms with Crippen molar-refractivity contribution in [3.05, 3.63) is 78.0 Å². The van der Waals surface area contributed by atoms with E-state index in [-0.39, 0.29) is 12.0 Å². The number of rotatable bonds is 9. The van der Waals surface area contributed by atoms with Gasteiger partial charge in [0.05, 0.1) is 17.5 Å². The van der Waals surface area contributed by atoms with E-state index in [1.807, 2.05) is 35.4 Å². The molecule has 2 atom stereocenters. The molecule has 1 aliphatic carbocycles. The Morgan fingerprint density at radius 3 is 2.87 bits per heavy atom. The van der Waals surface area contributed by atoms with Crippen LogP contribution >= 0.6 is 0 Å². The molecule has 0 fully saturated rings. The molecule has 5 rings (SSSR count). The highest BCUT2D eigenvalue weighted by atomic mass is 16.5. The van der Waals surface area contributed by atoms with Crippen LogP contribution in [-0.2, 0) is 9.53 Å². The summed E-state index contributed by atoms with van der Waals surface area (Å²) in [5.41, 5.74) is 6.17. The molecule has 2 aromatic carbocycles. The van der Waals surface area contributed by atoms with Crippen LogP contribution in [0.5, 0.6) is 0 Å². The number of carbonyl (C=O) groups is 1. The molecule has 2 N–H and O–H groups in total. The summed E-state index contributed by atoms with van der Waals surface area (Å²) in [4.78, 5) is 21.5. The van der Waals surface area contributed by atoms with Gasteiger partial charge < -0.3 is 24.8 Å². The second-order valence-corrected chi connectivity index (χ2v) is 10.6. The Bertz CT molecular complexity index is 1320. The van der Waals surface area contributed by atoms with Gasteiger partial charge >= 0.3 is 0 Å². The molecule has 1 aromatic heterocycles. The quantitative estimate of drug-likeness (QED) is 0.334. The van der Waals surface area contributed by atoms with Crippen LogP contribution < -0.4 is 10.2 Å². The zero-order valence-corrected chi connectivity index (χ0v) is 22.9. The van der Waals surface area contributed by atoms with Crippen molar-refractivity contribution in [3.63, 3.8) is 0 Å². The summed E-state index contributed by atoms with van der Waals surface area (Å²) >= 11 is 0. The molecule has 0 bridgehead atoms. The lowest BCUT2D eigenvalue weighted by Gasteiger charge is -2.29. The van der Waals surface area contributed by atoms with Gasteiger partial charge in [-0.25, -0.2) is 0 Å². The van der Waals surface area contributed by atoms with E-state index in [2.05, 4.69) is 72.5 Å². The molecule has 3 aromatic rings. The monoisotopic (exact) mass is 512 g/mol. The van der Waals surface area contributed by atoms with E-state index in [9.17, 15) is 4.79 Å². The van der Waals surface area contributed by atoms with Crippen LogP contribution in [-0.4, -0.2) is 61.2 Å². The first-order chi connectivity index (χ1) is 18.5. The van der Waals surface area contributed by atoms with Gasteiger partial charge in [0.25, 0.3) is 5.91 Å². The lowest BCUT2D eigenvalue weighted by atomic mass is 9.89. The minimum absolute atomic E-state index is 0.0704. The number of aromatic nitrogens is 1. The first-order valence-corrected chi connectivity index (χ1v) is 14.0. The highest BCUT2D eigenvalue weighted by molar-refractivity contribution is 6.08. The summed E-state index contributed by atoms with van der Waals surface area (Å²) in [6.07, 6.45) is 9.51. The lowest BCUT2D eigenvalue weighted by Crippen LogP contribution is -2.35. The fraction of sp³-hybridized carbons (Fsp3) is 0.406. The molecule has 1 amide bonds. The Balaban J connectivity index is 1.39. The number of para-hydroxylation sites is 2. The number of nitrogens with one attached hydrogen (secondary N) is 2. The third-order valence-corrected chi connectivity index (χ3v) is 7.61. The van der Waals surface area contributed by atoms with Crippen molar-refractivity contribution in [2.75, 3.05) is 43.5 Å². The predicted octanol–water partition coefficient (Wildman–Crippen LogP) is 6.24. The summed E-state index contributed by atoms with van der Waals surface area (Å²) in [6, 6.07) is 17.0. The fourth-order valence-corrected chi connectivity index (χ4v) is 5.55. The van der Waals surface area contributed by atoms with Gasteiger partial charge in [0.1, 0.15) is 0 Å². The third kappa shape index (κ3) is 5.87. The van der Waals surface area contributed by atoms with Crippen molar-refractivity contribution in [1.29, 1.82) is 0 Å². The average Bonchev–Trinajstić information content (AvgIpc) is 3.33. The molecule has 200 valence electrons. The normalized spacial score (nSPS) is 19.5. The SMILES string of the molecule is CCCN(C)CCCOC1CC(C(=O)N2CC[C@@H](C)Nc3ccccc32)=CC=C1c1ccc2[nH]ccc2c1.